The molecule has 0 atom stereocenters. The summed E-state index contributed by atoms with van der Waals surface area (Å²) in [6.45, 7) is 3.80. The molecule has 4 nitrogen and oxygen atoms in total. The number of aryl methyl sites for hydroxylation is 2. The van der Waals surface area contributed by atoms with Gasteiger partial charge >= 0.3 is 0 Å². The van der Waals surface area contributed by atoms with Crippen LogP contribution in [-0.2, 0) is 12.8 Å². The average molecular weight is 314 g/mol. The van der Waals surface area contributed by atoms with Crippen molar-refractivity contribution in [3.05, 3.63) is 53.6 Å². The Morgan fingerprint density at radius 2 is 1.43 bits per heavy atom. The highest BCUT2D eigenvalue weighted by molar-refractivity contribution is 5.54. The van der Waals surface area contributed by atoms with E-state index in [2.05, 4.69) is 12.6 Å². The first-order chi connectivity index (χ1) is 11.1. The summed E-state index contributed by atoms with van der Waals surface area (Å²) in [5.41, 5.74) is 3.21. The van der Waals surface area contributed by atoms with Crippen LogP contribution >= 0.6 is 0 Å². The fraction of sp³-hybridized carbons (Fsp3) is 0.263. The van der Waals surface area contributed by atoms with Gasteiger partial charge in [-0.25, -0.2) is 0 Å². The van der Waals surface area contributed by atoms with Gasteiger partial charge in [-0.15, -0.1) is 0 Å². The molecule has 122 valence electrons. The lowest BCUT2D eigenvalue weighted by Gasteiger charge is -2.12. The van der Waals surface area contributed by atoms with Crippen molar-refractivity contribution >= 4 is 6.08 Å². The minimum absolute atomic E-state index is 0.0223. The molecule has 1 N–H and O–H groups in total. The molecule has 0 amide bonds. The zero-order valence-corrected chi connectivity index (χ0v) is 13.8. The van der Waals surface area contributed by atoms with Gasteiger partial charge in [0.2, 0.25) is 5.75 Å². The lowest BCUT2D eigenvalue weighted by atomic mass is 10.0. The number of phenolic OH excluding ortho intramolecular Hbond substituents is 1. The molecule has 2 aromatic rings. The molecule has 0 fully saturated rings. The minimum Gasteiger partial charge on any atom is -0.502 e. The van der Waals surface area contributed by atoms with E-state index >= 15 is 0 Å². The third kappa shape index (κ3) is 3.97. The van der Waals surface area contributed by atoms with Crippen molar-refractivity contribution in [3.63, 3.8) is 0 Å². The molecule has 0 aliphatic heterocycles. The van der Waals surface area contributed by atoms with Gasteiger partial charge in [0.25, 0.3) is 0 Å². The lowest BCUT2D eigenvalue weighted by molar-refractivity contribution is 0.339. The van der Waals surface area contributed by atoms with Crippen LogP contribution in [0.25, 0.3) is 6.08 Å². The summed E-state index contributed by atoms with van der Waals surface area (Å²) in [4.78, 5) is 0. The maximum absolute atomic E-state index is 9.96. The Labute approximate surface area is 136 Å². The van der Waals surface area contributed by atoms with E-state index in [1.165, 1.54) is 14.2 Å². The molecule has 4 heteroatoms. The van der Waals surface area contributed by atoms with Gasteiger partial charge in [0.1, 0.15) is 5.75 Å². The summed E-state index contributed by atoms with van der Waals surface area (Å²) >= 11 is 0. The molecule has 0 aromatic heterocycles. The van der Waals surface area contributed by atoms with E-state index in [1.807, 2.05) is 24.3 Å². The van der Waals surface area contributed by atoms with Gasteiger partial charge < -0.3 is 19.3 Å². The minimum atomic E-state index is 0.0223. The Morgan fingerprint density at radius 1 is 0.870 bits per heavy atom. The van der Waals surface area contributed by atoms with E-state index in [-0.39, 0.29) is 5.75 Å². The van der Waals surface area contributed by atoms with Gasteiger partial charge in [-0.3, -0.25) is 0 Å². The summed E-state index contributed by atoms with van der Waals surface area (Å²) in [6, 6.07) is 9.70. The van der Waals surface area contributed by atoms with Crippen molar-refractivity contribution in [3.8, 4) is 23.0 Å². The van der Waals surface area contributed by atoms with Gasteiger partial charge in [-0.2, -0.15) is 0 Å². The number of benzene rings is 2. The maximum Gasteiger partial charge on any atom is 0.200 e. The second-order valence-corrected chi connectivity index (χ2v) is 5.17. The molecule has 0 saturated heterocycles. The Hall–Kier alpha value is -2.62. The van der Waals surface area contributed by atoms with E-state index in [4.69, 9.17) is 14.2 Å². The lowest BCUT2D eigenvalue weighted by Crippen LogP contribution is -1.96. The molecule has 0 aliphatic rings. The smallest absolute Gasteiger partial charge is 0.200 e. The molecule has 0 spiro atoms. The summed E-state index contributed by atoms with van der Waals surface area (Å²) in [6.07, 6.45) is 3.42. The number of hydrogen-bond acceptors (Lipinski definition) is 4. The number of rotatable bonds is 7. The molecule has 0 heterocycles. The Morgan fingerprint density at radius 3 is 1.91 bits per heavy atom. The van der Waals surface area contributed by atoms with Gasteiger partial charge in [-0.1, -0.05) is 18.7 Å². The zero-order valence-electron chi connectivity index (χ0n) is 13.8. The van der Waals surface area contributed by atoms with Crippen LogP contribution in [-0.4, -0.2) is 26.4 Å². The predicted octanol–water partition coefficient (Wildman–Crippen LogP) is 3.85. The number of phenols is 1. The molecule has 2 aromatic carbocycles. The van der Waals surface area contributed by atoms with Crippen molar-refractivity contribution in [2.24, 2.45) is 0 Å². The van der Waals surface area contributed by atoms with Gasteiger partial charge in [-0.05, 0) is 53.8 Å². The van der Waals surface area contributed by atoms with Crippen molar-refractivity contribution in [2.45, 2.75) is 12.8 Å². The van der Waals surface area contributed by atoms with Gasteiger partial charge in [0.05, 0.1) is 21.3 Å². The molecule has 0 bridgehead atoms. The summed E-state index contributed by atoms with van der Waals surface area (Å²) in [5, 5.41) is 9.96. The maximum atomic E-state index is 9.96. The van der Waals surface area contributed by atoms with Crippen LogP contribution in [0, 0.1) is 0 Å². The summed E-state index contributed by atoms with van der Waals surface area (Å²) < 4.78 is 15.7. The van der Waals surface area contributed by atoms with Crippen LogP contribution in [0.3, 0.4) is 0 Å². The van der Waals surface area contributed by atoms with Gasteiger partial charge in [0, 0.05) is 0 Å². The standard InChI is InChI=1S/C19H22O4/c1-5-13-8-14(10-16(9-13)21-2)6-7-15-11-17(22-3)19(20)18(12-15)23-4/h5,8-12,20H,1,6-7H2,2-4H3. The van der Waals surface area contributed by atoms with Gasteiger partial charge in [0.15, 0.2) is 11.5 Å². The van der Waals surface area contributed by atoms with E-state index in [0.717, 1.165) is 35.3 Å². The molecular formula is C19H22O4. The van der Waals surface area contributed by atoms with Crippen LogP contribution in [0.2, 0.25) is 0 Å². The zero-order chi connectivity index (χ0) is 16.8. The molecule has 0 radical (unpaired) electrons. The third-order valence-corrected chi connectivity index (χ3v) is 3.70. The second-order valence-electron chi connectivity index (χ2n) is 5.17. The Bertz CT molecular complexity index is 667. The third-order valence-electron chi connectivity index (χ3n) is 3.70. The monoisotopic (exact) mass is 314 g/mol. The largest absolute Gasteiger partial charge is 0.502 e. The summed E-state index contributed by atoms with van der Waals surface area (Å²) in [5.74, 6) is 1.67. The van der Waals surface area contributed by atoms with E-state index in [1.54, 1.807) is 13.2 Å². The number of methoxy groups -OCH3 is 3. The first kappa shape index (κ1) is 16.7. The van der Waals surface area contributed by atoms with Crippen LogP contribution in [0.15, 0.2) is 36.9 Å². The highest BCUT2D eigenvalue weighted by Gasteiger charge is 2.11. The fourth-order valence-electron chi connectivity index (χ4n) is 2.45. The predicted molar refractivity (Wildman–Crippen MR) is 91.7 cm³/mol. The van der Waals surface area contributed by atoms with E-state index < -0.39 is 0 Å². The average Bonchev–Trinajstić information content (AvgIpc) is 2.60. The van der Waals surface area contributed by atoms with Crippen LogP contribution < -0.4 is 14.2 Å². The van der Waals surface area contributed by atoms with E-state index in [9.17, 15) is 5.11 Å². The molecule has 2 rings (SSSR count). The van der Waals surface area contributed by atoms with Crippen LogP contribution in [0.4, 0.5) is 0 Å². The second kappa shape index (κ2) is 7.58. The number of hydrogen-bond donors (Lipinski definition) is 1. The van der Waals surface area contributed by atoms with Crippen molar-refractivity contribution in [1.82, 2.24) is 0 Å². The van der Waals surface area contributed by atoms with Crippen LogP contribution in [0.5, 0.6) is 23.0 Å². The number of aromatic hydroxyl groups is 1. The first-order valence-electron chi connectivity index (χ1n) is 7.35. The fourth-order valence-corrected chi connectivity index (χ4v) is 2.45. The van der Waals surface area contributed by atoms with Crippen molar-refractivity contribution in [2.75, 3.05) is 21.3 Å². The molecule has 0 unspecified atom stereocenters. The first-order valence-corrected chi connectivity index (χ1v) is 7.35. The molecule has 0 aliphatic carbocycles. The Kier molecular flexibility index (Phi) is 5.52. The van der Waals surface area contributed by atoms with Crippen molar-refractivity contribution < 1.29 is 19.3 Å². The Balaban J connectivity index is 2.22. The SMILES string of the molecule is C=Cc1cc(CCc2cc(OC)c(O)c(OC)c2)cc(OC)c1. The normalized spacial score (nSPS) is 10.2. The highest BCUT2D eigenvalue weighted by atomic mass is 16.5. The topological polar surface area (TPSA) is 47.9 Å². The quantitative estimate of drug-likeness (QED) is 0.843. The summed E-state index contributed by atoms with van der Waals surface area (Å²) in [7, 11) is 4.70. The van der Waals surface area contributed by atoms with E-state index in [0.29, 0.717) is 11.5 Å². The van der Waals surface area contributed by atoms with Crippen LogP contribution in [0.1, 0.15) is 16.7 Å². The highest BCUT2D eigenvalue weighted by Crippen LogP contribution is 2.37. The molecule has 23 heavy (non-hydrogen) atoms. The van der Waals surface area contributed by atoms with Crippen molar-refractivity contribution in [1.29, 1.82) is 0 Å². The number of ether oxygens (including phenoxy) is 3. The molecular weight excluding hydrogens is 292 g/mol. The molecule has 0 saturated carbocycles.